The molecule has 1 aromatic heterocycles. The molecule has 0 bridgehead atoms. The second-order valence-corrected chi connectivity index (χ2v) is 8.92. The van der Waals surface area contributed by atoms with E-state index in [2.05, 4.69) is 29.1 Å². The summed E-state index contributed by atoms with van der Waals surface area (Å²) in [5, 5.41) is 3.85. The zero-order valence-corrected chi connectivity index (χ0v) is 18.4. The van der Waals surface area contributed by atoms with Gasteiger partial charge in [-0.15, -0.1) is 0 Å². The number of benzene rings is 2. The lowest BCUT2D eigenvalue weighted by Gasteiger charge is -2.37. The second kappa shape index (κ2) is 9.86. The smallest absolute Gasteiger partial charge is 0.226 e. The Labute approximate surface area is 186 Å². The van der Waals surface area contributed by atoms with E-state index in [0.29, 0.717) is 24.1 Å². The molecule has 1 unspecified atom stereocenters. The van der Waals surface area contributed by atoms with Crippen molar-refractivity contribution in [2.75, 3.05) is 14.1 Å². The van der Waals surface area contributed by atoms with Crippen molar-refractivity contribution in [3.05, 3.63) is 71.4 Å². The van der Waals surface area contributed by atoms with Crippen LogP contribution in [0, 0.1) is 29.3 Å². The molecule has 1 heterocycles. The summed E-state index contributed by atoms with van der Waals surface area (Å²) in [6, 6.07) is 10.5. The summed E-state index contributed by atoms with van der Waals surface area (Å²) in [5.74, 6) is 0.177. The number of aromatic nitrogens is 2. The Kier molecular flexibility index (Phi) is 6.94. The van der Waals surface area contributed by atoms with Gasteiger partial charge in [-0.3, -0.25) is 0 Å². The minimum Gasteiger partial charge on any atom is -0.339 e. The molecule has 32 heavy (non-hydrogen) atoms. The summed E-state index contributed by atoms with van der Waals surface area (Å²) in [5.41, 5.74) is 1.30. The van der Waals surface area contributed by atoms with Gasteiger partial charge in [-0.25, -0.2) is 13.2 Å². The van der Waals surface area contributed by atoms with Gasteiger partial charge in [0.25, 0.3) is 0 Å². The van der Waals surface area contributed by atoms with Crippen LogP contribution < -0.4 is 0 Å². The molecule has 0 amide bonds. The van der Waals surface area contributed by atoms with Gasteiger partial charge < -0.3 is 9.42 Å². The van der Waals surface area contributed by atoms with Gasteiger partial charge in [0.1, 0.15) is 17.5 Å². The third-order valence-electron chi connectivity index (χ3n) is 6.51. The molecule has 0 spiro atoms. The van der Waals surface area contributed by atoms with Crippen LogP contribution in [0.4, 0.5) is 13.2 Å². The van der Waals surface area contributed by atoms with Crippen molar-refractivity contribution in [1.29, 1.82) is 0 Å². The number of aryl methyl sites for hydroxylation is 1. The fourth-order valence-corrected chi connectivity index (χ4v) is 4.91. The number of hydrogen-bond acceptors (Lipinski definition) is 4. The van der Waals surface area contributed by atoms with Gasteiger partial charge in [-0.05, 0) is 75.0 Å². The van der Waals surface area contributed by atoms with Crippen LogP contribution in [0.25, 0.3) is 11.4 Å². The molecule has 1 atom stereocenters. The molecule has 1 aliphatic rings. The fourth-order valence-electron chi connectivity index (χ4n) is 4.91. The van der Waals surface area contributed by atoms with Gasteiger partial charge in [0.2, 0.25) is 11.7 Å². The predicted octanol–water partition coefficient (Wildman–Crippen LogP) is 6.20. The molecule has 3 aromatic rings. The van der Waals surface area contributed by atoms with E-state index in [4.69, 9.17) is 4.52 Å². The molecule has 0 aliphatic heterocycles. The molecule has 1 fully saturated rings. The van der Waals surface area contributed by atoms with Gasteiger partial charge in [0.15, 0.2) is 0 Å². The SMILES string of the molecule is CN(C)C(c1ccc(F)cc1)C1CCC(CCc2nc(-c3ccc(F)cc3F)no2)CC1. The molecule has 0 radical (unpaired) electrons. The van der Waals surface area contributed by atoms with Crippen LogP contribution >= 0.6 is 0 Å². The van der Waals surface area contributed by atoms with E-state index in [1.165, 1.54) is 24.3 Å². The third kappa shape index (κ3) is 5.21. The van der Waals surface area contributed by atoms with Gasteiger partial charge in [-0.1, -0.05) is 30.1 Å². The first-order valence-corrected chi connectivity index (χ1v) is 11.1. The molecule has 170 valence electrons. The first-order chi connectivity index (χ1) is 15.4. The Morgan fingerprint density at radius 1 is 0.969 bits per heavy atom. The van der Waals surface area contributed by atoms with E-state index < -0.39 is 11.6 Å². The van der Waals surface area contributed by atoms with Crippen LogP contribution in [0.2, 0.25) is 0 Å². The van der Waals surface area contributed by atoms with Gasteiger partial charge >= 0.3 is 0 Å². The maximum atomic E-state index is 13.9. The largest absolute Gasteiger partial charge is 0.339 e. The highest BCUT2D eigenvalue weighted by atomic mass is 19.1. The standard InChI is InChI=1S/C25H28F3N3O/c1-31(2)24(18-8-10-19(26)11-9-18)17-6-3-16(4-7-17)5-14-23-29-25(30-32-23)21-13-12-20(27)15-22(21)28/h8-13,15-17,24H,3-7,14H2,1-2H3. The summed E-state index contributed by atoms with van der Waals surface area (Å²) in [4.78, 5) is 6.52. The predicted molar refractivity (Wildman–Crippen MR) is 116 cm³/mol. The molecule has 2 aromatic carbocycles. The van der Waals surface area contributed by atoms with Crippen LogP contribution in [0.5, 0.6) is 0 Å². The van der Waals surface area contributed by atoms with Crippen molar-refractivity contribution in [1.82, 2.24) is 15.0 Å². The summed E-state index contributed by atoms with van der Waals surface area (Å²) in [6.07, 6.45) is 6.03. The summed E-state index contributed by atoms with van der Waals surface area (Å²) >= 11 is 0. The Balaban J connectivity index is 1.31. The maximum Gasteiger partial charge on any atom is 0.226 e. The minimum atomic E-state index is -0.702. The molecule has 7 heteroatoms. The average molecular weight is 444 g/mol. The van der Waals surface area contributed by atoms with Crippen LogP contribution in [0.3, 0.4) is 0 Å². The maximum absolute atomic E-state index is 13.9. The molecule has 4 rings (SSSR count). The summed E-state index contributed by atoms with van der Waals surface area (Å²) in [6.45, 7) is 0. The molecule has 0 saturated heterocycles. The first-order valence-electron chi connectivity index (χ1n) is 11.1. The molecule has 1 saturated carbocycles. The quantitative estimate of drug-likeness (QED) is 0.436. The zero-order chi connectivity index (χ0) is 22.7. The van der Waals surface area contributed by atoms with Crippen molar-refractivity contribution in [2.45, 2.75) is 44.6 Å². The third-order valence-corrected chi connectivity index (χ3v) is 6.51. The Morgan fingerprint density at radius 2 is 1.66 bits per heavy atom. The van der Waals surface area contributed by atoms with Crippen molar-refractivity contribution in [3.63, 3.8) is 0 Å². The average Bonchev–Trinajstić information content (AvgIpc) is 3.23. The topological polar surface area (TPSA) is 42.2 Å². The van der Waals surface area contributed by atoms with E-state index in [1.54, 1.807) is 0 Å². The highest BCUT2D eigenvalue weighted by Crippen LogP contribution is 2.40. The van der Waals surface area contributed by atoms with Crippen LogP contribution in [-0.4, -0.2) is 29.1 Å². The van der Waals surface area contributed by atoms with E-state index in [0.717, 1.165) is 43.7 Å². The van der Waals surface area contributed by atoms with Gasteiger partial charge in [0.05, 0.1) is 5.56 Å². The molecular formula is C25H28F3N3O. The number of nitrogens with zero attached hydrogens (tertiary/aromatic N) is 3. The minimum absolute atomic E-state index is 0.137. The van der Waals surface area contributed by atoms with Crippen molar-refractivity contribution >= 4 is 0 Å². The lowest BCUT2D eigenvalue weighted by molar-refractivity contribution is 0.145. The molecule has 4 nitrogen and oxygen atoms in total. The Morgan fingerprint density at radius 3 is 2.31 bits per heavy atom. The van der Waals surface area contributed by atoms with Crippen molar-refractivity contribution in [2.24, 2.45) is 11.8 Å². The molecule has 0 N–H and O–H groups in total. The first kappa shape index (κ1) is 22.5. The monoisotopic (exact) mass is 443 g/mol. The molecule has 1 aliphatic carbocycles. The van der Waals surface area contributed by atoms with Crippen LogP contribution in [-0.2, 0) is 6.42 Å². The summed E-state index contributed by atoms with van der Waals surface area (Å²) < 4.78 is 45.7. The highest BCUT2D eigenvalue weighted by Gasteiger charge is 2.30. The molecular weight excluding hydrogens is 415 g/mol. The van der Waals surface area contributed by atoms with Gasteiger partial charge in [0, 0.05) is 18.5 Å². The highest BCUT2D eigenvalue weighted by molar-refractivity contribution is 5.54. The summed E-state index contributed by atoms with van der Waals surface area (Å²) in [7, 11) is 4.16. The lowest BCUT2D eigenvalue weighted by atomic mass is 9.75. The number of hydrogen-bond donors (Lipinski definition) is 0. The van der Waals surface area contributed by atoms with E-state index in [9.17, 15) is 13.2 Å². The van der Waals surface area contributed by atoms with Gasteiger partial charge in [-0.2, -0.15) is 4.98 Å². The van der Waals surface area contributed by atoms with Crippen LogP contribution in [0.15, 0.2) is 47.0 Å². The Hall–Kier alpha value is -2.67. The van der Waals surface area contributed by atoms with E-state index in [-0.39, 0.29) is 23.2 Å². The second-order valence-electron chi connectivity index (χ2n) is 8.92. The van der Waals surface area contributed by atoms with E-state index in [1.807, 2.05) is 12.1 Å². The lowest BCUT2D eigenvalue weighted by Crippen LogP contribution is -2.30. The number of halogens is 3. The fraction of sp³-hybridized carbons (Fsp3) is 0.440. The normalized spacial score (nSPS) is 19.9. The number of rotatable bonds is 7. The van der Waals surface area contributed by atoms with Crippen LogP contribution in [0.1, 0.15) is 49.6 Å². The van der Waals surface area contributed by atoms with Crippen molar-refractivity contribution < 1.29 is 17.7 Å². The Bertz CT molecular complexity index is 1030. The van der Waals surface area contributed by atoms with Crippen molar-refractivity contribution in [3.8, 4) is 11.4 Å². The van der Waals surface area contributed by atoms with E-state index >= 15 is 0 Å². The zero-order valence-electron chi connectivity index (χ0n) is 18.4.